The number of carboxylic acid groups (broad SMARTS) is 2. The summed E-state index contributed by atoms with van der Waals surface area (Å²) in [6.07, 6.45) is 1.73. The molecule has 8 nitrogen and oxygen atoms in total. The lowest BCUT2D eigenvalue weighted by molar-refractivity contribution is -0.159. The Balaban J connectivity index is 0.000000352. The van der Waals surface area contributed by atoms with E-state index >= 15 is 0 Å². The molecule has 26 heavy (non-hydrogen) atoms. The number of hydrogen-bond acceptors (Lipinski definition) is 6. The van der Waals surface area contributed by atoms with Gasteiger partial charge in [-0.3, -0.25) is 9.20 Å². The van der Waals surface area contributed by atoms with E-state index in [4.69, 9.17) is 31.4 Å². The van der Waals surface area contributed by atoms with Crippen LogP contribution in [0.15, 0.2) is 46.7 Å². The van der Waals surface area contributed by atoms with E-state index in [1.54, 1.807) is 16.7 Å². The average molecular weight is 396 g/mol. The molecule has 0 atom stereocenters. The van der Waals surface area contributed by atoms with E-state index in [2.05, 4.69) is 10.3 Å². The molecule has 0 amide bonds. The molecule has 0 saturated heterocycles. The maximum absolute atomic E-state index is 11.8. The lowest BCUT2D eigenvalue weighted by Crippen LogP contribution is -2.18. The predicted molar refractivity (Wildman–Crippen MR) is 96.6 cm³/mol. The third-order valence-electron chi connectivity index (χ3n) is 3.12. The fraction of sp³-hybridized carbons (Fsp3) is 0.125. The molecule has 136 valence electrons. The molecule has 0 saturated carbocycles. The summed E-state index contributed by atoms with van der Waals surface area (Å²) in [6, 6.07) is 9.24. The van der Waals surface area contributed by atoms with Crippen molar-refractivity contribution in [1.29, 1.82) is 0 Å². The van der Waals surface area contributed by atoms with Gasteiger partial charge in [-0.1, -0.05) is 29.8 Å². The SMILES string of the molecule is O=C(O)C(=O)O.O=c1cc(CNCc2ccccc2Cl)nc2sccn12. The van der Waals surface area contributed by atoms with Crippen molar-refractivity contribution in [1.82, 2.24) is 14.7 Å². The van der Waals surface area contributed by atoms with Crippen LogP contribution in [0.2, 0.25) is 5.02 Å². The van der Waals surface area contributed by atoms with Gasteiger partial charge in [0.15, 0.2) is 4.96 Å². The first-order valence-electron chi connectivity index (χ1n) is 7.24. The minimum absolute atomic E-state index is 0.0502. The fourth-order valence-corrected chi connectivity index (χ4v) is 2.89. The van der Waals surface area contributed by atoms with Gasteiger partial charge in [0.1, 0.15) is 0 Å². The van der Waals surface area contributed by atoms with Crippen LogP contribution in [-0.4, -0.2) is 31.5 Å². The van der Waals surface area contributed by atoms with E-state index in [0.717, 1.165) is 16.3 Å². The lowest BCUT2D eigenvalue weighted by Gasteiger charge is -2.06. The number of rotatable bonds is 4. The Morgan fingerprint density at radius 1 is 1.19 bits per heavy atom. The maximum atomic E-state index is 11.8. The second-order valence-electron chi connectivity index (χ2n) is 4.95. The van der Waals surface area contributed by atoms with Gasteiger partial charge in [0, 0.05) is 35.8 Å². The second-order valence-corrected chi connectivity index (χ2v) is 6.23. The number of nitrogens with one attached hydrogen (secondary N) is 1. The third kappa shape index (κ3) is 5.38. The van der Waals surface area contributed by atoms with Gasteiger partial charge in [-0.25, -0.2) is 14.6 Å². The molecule has 2 aromatic heterocycles. The highest BCUT2D eigenvalue weighted by atomic mass is 35.5. The molecule has 10 heteroatoms. The maximum Gasteiger partial charge on any atom is 0.414 e. The van der Waals surface area contributed by atoms with Crippen LogP contribution in [-0.2, 0) is 22.7 Å². The highest BCUT2D eigenvalue weighted by Crippen LogP contribution is 2.14. The smallest absolute Gasteiger partial charge is 0.414 e. The Morgan fingerprint density at radius 2 is 1.88 bits per heavy atom. The zero-order chi connectivity index (χ0) is 19.1. The summed E-state index contributed by atoms with van der Waals surface area (Å²) in [4.78, 5) is 35.2. The molecule has 0 fully saturated rings. The van der Waals surface area contributed by atoms with Crippen molar-refractivity contribution in [3.05, 3.63) is 68.5 Å². The Morgan fingerprint density at radius 3 is 2.54 bits per heavy atom. The van der Waals surface area contributed by atoms with Gasteiger partial charge in [-0.2, -0.15) is 0 Å². The number of carbonyl (C=O) groups is 2. The molecule has 3 N–H and O–H groups in total. The van der Waals surface area contributed by atoms with Gasteiger partial charge >= 0.3 is 11.9 Å². The van der Waals surface area contributed by atoms with Gasteiger partial charge in [0.05, 0.1) is 5.69 Å². The quantitative estimate of drug-likeness (QED) is 0.576. The highest BCUT2D eigenvalue weighted by Gasteiger charge is 2.04. The molecule has 2 heterocycles. The van der Waals surface area contributed by atoms with E-state index < -0.39 is 11.9 Å². The number of thiazole rings is 1. The fourth-order valence-electron chi connectivity index (χ4n) is 1.95. The van der Waals surface area contributed by atoms with Crippen molar-refractivity contribution >= 4 is 39.8 Å². The summed E-state index contributed by atoms with van der Waals surface area (Å²) in [7, 11) is 0. The van der Waals surface area contributed by atoms with Gasteiger partial charge in [-0.05, 0) is 11.6 Å². The van der Waals surface area contributed by atoms with Gasteiger partial charge in [0.2, 0.25) is 0 Å². The molecular formula is C16H14ClN3O5S. The molecule has 0 aliphatic rings. The first kappa shape index (κ1) is 19.6. The van der Waals surface area contributed by atoms with Crippen LogP contribution >= 0.6 is 22.9 Å². The number of carboxylic acids is 2. The Hall–Kier alpha value is -2.75. The zero-order valence-electron chi connectivity index (χ0n) is 13.3. The Labute approximate surface area is 156 Å². The largest absolute Gasteiger partial charge is 0.473 e. The summed E-state index contributed by atoms with van der Waals surface area (Å²) in [6.45, 7) is 1.18. The molecule has 3 aromatic rings. The number of nitrogens with zero attached hydrogens (tertiary/aromatic N) is 2. The standard InChI is InChI=1S/C14H12ClN3OS.C2H2O4/c15-12-4-2-1-3-10(12)8-16-9-11-7-13(19)18-5-6-20-14(18)17-11;3-1(4)2(5)6/h1-7,16H,8-9H2;(H,3,4)(H,5,6). The second kappa shape index (κ2) is 9.09. The minimum atomic E-state index is -1.82. The minimum Gasteiger partial charge on any atom is -0.473 e. The van der Waals surface area contributed by atoms with Crippen LogP contribution < -0.4 is 10.9 Å². The average Bonchev–Trinajstić information content (AvgIpc) is 3.06. The Kier molecular flexibility index (Phi) is 6.84. The molecule has 1 aromatic carbocycles. The van der Waals surface area contributed by atoms with Gasteiger partial charge < -0.3 is 15.5 Å². The summed E-state index contributed by atoms with van der Waals surface area (Å²) in [5, 5.41) is 20.6. The van der Waals surface area contributed by atoms with Crippen molar-refractivity contribution in [2.24, 2.45) is 0 Å². The zero-order valence-corrected chi connectivity index (χ0v) is 14.8. The normalized spacial score (nSPS) is 10.2. The lowest BCUT2D eigenvalue weighted by atomic mass is 10.2. The van der Waals surface area contributed by atoms with E-state index in [1.807, 2.05) is 29.6 Å². The van der Waals surface area contributed by atoms with Crippen LogP contribution in [0.3, 0.4) is 0 Å². The van der Waals surface area contributed by atoms with Gasteiger partial charge in [0.25, 0.3) is 5.56 Å². The predicted octanol–water partition coefficient (Wildman–Crippen LogP) is 1.85. The van der Waals surface area contributed by atoms with E-state index in [1.165, 1.54) is 11.3 Å². The van der Waals surface area contributed by atoms with Gasteiger partial charge in [-0.15, -0.1) is 11.3 Å². The highest BCUT2D eigenvalue weighted by molar-refractivity contribution is 7.15. The van der Waals surface area contributed by atoms with E-state index in [-0.39, 0.29) is 5.56 Å². The summed E-state index contributed by atoms with van der Waals surface area (Å²) < 4.78 is 1.54. The van der Waals surface area contributed by atoms with Crippen molar-refractivity contribution in [2.75, 3.05) is 0 Å². The monoisotopic (exact) mass is 395 g/mol. The van der Waals surface area contributed by atoms with Crippen molar-refractivity contribution < 1.29 is 19.8 Å². The number of benzene rings is 1. The van der Waals surface area contributed by atoms with E-state index in [9.17, 15) is 4.79 Å². The van der Waals surface area contributed by atoms with Crippen LogP contribution in [0.1, 0.15) is 11.3 Å². The molecule has 0 unspecified atom stereocenters. The molecule has 0 bridgehead atoms. The number of aliphatic carboxylic acids is 2. The molecule has 0 spiro atoms. The molecule has 0 aliphatic carbocycles. The first-order valence-corrected chi connectivity index (χ1v) is 8.50. The summed E-state index contributed by atoms with van der Waals surface area (Å²) >= 11 is 7.54. The first-order chi connectivity index (χ1) is 12.4. The van der Waals surface area contributed by atoms with Crippen molar-refractivity contribution in [3.8, 4) is 0 Å². The van der Waals surface area contributed by atoms with Crippen molar-refractivity contribution in [3.63, 3.8) is 0 Å². The Bertz CT molecular complexity index is 973. The third-order valence-corrected chi connectivity index (χ3v) is 4.24. The van der Waals surface area contributed by atoms with Crippen LogP contribution in [0.4, 0.5) is 0 Å². The van der Waals surface area contributed by atoms with E-state index in [0.29, 0.717) is 18.1 Å². The van der Waals surface area contributed by atoms with Crippen molar-refractivity contribution in [2.45, 2.75) is 13.1 Å². The van der Waals surface area contributed by atoms with Crippen LogP contribution in [0.25, 0.3) is 4.96 Å². The summed E-state index contributed by atoms with van der Waals surface area (Å²) in [5.74, 6) is -3.65. The van der Waals surface area contributed by atoms with Crippen LogP contribution in [0, 0.1) is 0 Å². The number of halogens is 1. The number of aromatic nitrogens is 2. The number of hydrogen-bond donors (Lipinski definition) is 3. The summed E-state index contributed by atoms with van der Waals surface area (Å²) in [5.41, 5.74) is 1.72. The molecule has 0 aliphatic heterocycles. The topological polar surface area (TPSA) is 121 Å². The molecule has 0 radical (unpaired) electrons. The molecule has 3 rings (SSSR count). The van der Waals surface area contributed by atoms with Crippen LogP contribution in [0.5, 0.6) is 0 Å². The molecular weight excluding hydrogens is 382 g/mol. The number of fused-ring (bicyclic) bond motifs is 1.